The van der Waals surface area contributed by atoms with E-state index in [1.165, 1.54) is 0 Å². The quantitative estimate of drug-likeness (QED) is 0.546. The lowest BCUT2D eigenvalue weighted by atomic mass is 10.3. The van der Waals surface area contributed by atoms with Gasteiger partial charge in [0.25, 0.3) is 0 Å². The molecule has 0 spiro atoms. The SMILES string of the molecule is CCCCNC(=O)OC(C)(C)N(C)C. The molecule has 0 aliphatic heterocycles. The third-order valence-corrected chi connectivity index (χ3v) is 2.22. The molecule has 1 amide bonds. The van der Waals surface area contributed by atoms with E-state index in [2.05, 4.69) is 12.2 Å². The smallest absolute Gasteiger partial charge is 0.408 e. The second kappa shape index (κ2) is 5.86. The van der Waals surface area contributed by atoms with Gasteiger partial charge in [0.15, 0.2) is 5.72 Å². The largest absolute Gasteiger partial charge is 0.428 e. The first-order chi connectivity index (χ1) is 6.40. The van der Waals surface area contributed by atoms with Crippen molar-refractivity contribution in [1.82, 2.24) is 10.2 Å². The Morgan fingerprint density at radius 2 is 2.00 bits per heavy atom. The monoisotopic (exact) mass is 202 g/mol. The maximum atomic E-state index is 11.3. The maximum absolute atomic E-state index is 11.3. The van der Waals surface area contributed by atoms with Gasteiger partial charge in [-0.3, -0.25) is 4.90 Å². The predicted molar refractivity (Wildman–Crippen MR) is 57.2 cm³/mol. The van der Waals surface area contributed by atoms with Crippen molar-refractivity contribution >= 4 is 6.09 Å². The van der Waals surface area contributed by atoms with Crippen LogP contribution in [0, 0.1) is 0 Å². The molecule has 0 aromatic heterocycles. The molecule has 0 aromatic carbocycles. The minimum atomic E-state index is -0.559. The van der Waals surface area contributed by atoms with Crippen LogP contribution in [0.2, 0.25) is 0 Å². The second-order valence-corrected chi connectivity index (χ2v) is 4.01. The summed E-state index contributed by atoms with van der Waals surface area (Å²) in [6, 6.07) is 0. The van der Waals surface area contributed by atoms with Gasteiger partial charge in [-0.15, -0.1) is 0 Å². The van der Waals surface area contributed by atoms with Gasteiger partial charge in [-0.2, -0.15) is 0 Å². The highest BCUT2D eigenvalue weighted by Gasteiger charge is 2.24. The number of alkyl carbamates (subject to hydrolysis) is 1. The van der Waals surface area contributed by atoms with Gasteiger partial charge in [-0.05, 0) is 34.4 Å². The number of amides is 1. The van der Waals surface area contributed by atoms with Gasteiger partial charge in [0.2, 0.25) is 0 Å². The molecule has 1 N–H and O–H groups in total. The molecule has 0 aliphatic carbocycles. The van der Waals surface area contributed by atoms with Crippen LogP contribution in [0.4, 0.5) is 4.79 Å². The van der Waals surface area contributed by atoms with Crippen LogP contribution in [-0.2, 0) is 4.74 Å². The molecule has 0 saturated heterocycles. The summed E-state index contributed by atoms with van der Waals surface area (Å²) in [4.78, 5) is 13.1. The number of carbonyl (C=O) groups is 1. The minimum absolute atomic E-state index is 0.350. The molecule has 4 nitrogen and oxygen atoms in total. The van der Waals surface area contributed by atoms with Crippen molar-refractivity contribution in [1.29, 1.82) is 0 Å². The fourth-order valence-electron chi connectivity index (χ4n) is 0.721. The Kier molecular flexibility index (Phi) is 5.53. The van der Waals surface area contributed by atoms with Gasteiger partial charge in [-0.25, -0.2) is 4.79 Å². The number of ether oxygens (including phenoxy) is 1. The summed E-state index contributed by atoms with van der Waals surface area (Å²) in [6.07, 6.45) is 1.70. The summed E-state index contributed by atoms with van der Waals surface area (Å²) < 4.78 is 5.22. The minimum Gasteiger partial charge on any atom is -0.428 e. The average Bonchev–Trinajstić information content (AvgIpc) is 2.03. The molecule has 14 heavy (non-hydrogen) atoms. The summed E-state index contributed by atoms with van der Waals surface area (Å²) in [6.45, 7) is 6.47. The van der Waals surface area contributed by atoms with Crippen LogP contribution in [0.1, 0.15) is 33.6 Å². The van der Waals surface area contributed by atoms with Crippen LogP contribution in [0.25, 0.3) is 0 Å². The molecular weight excluding hydrogens is 180 g/mol. The van der Waals surface area contributed by atoms with Crippen molar-refractivity contribution in [3.05, 3.63) is 0 Å². The summed E-state index contributed by atoms with van der Waals surface area (Å²) in [5, 5.41) is 2.71. The molecule has 0 unspecified atom stereocenters. The van der Waals surface area contributed by atoms with E-state index < -0.39 is 5.72 Å². The van der Waals surface area contributed by atoms with E-state index in [1.807, 2.05) is 32.8 Å². The van der Waals surface area contributed by atoms with Crippen LogP contribution < -0.4 is 5.32 Å². The average molecular weight is 202 g/mol. The lowest BCUT2D eigenvalue weighted by Gasteiger charge is -2.31. The number of carbonyl (C=O) groups excluding carboxylic acids is 1. The number of nitrogens with zero attached hydrogens (tertiary/aromatic N) is 1. The van der Waals surface area contributed by atoms with Gasteiger partial charge in [0.1, 0.15) is 0 Å². The van der Waals surface area contributed by atoms with Gasteiger partial charge in [-0.1, -0.05) is 13.3 Å². The fourth-order valence-corrected chi connectivity index (χ4v) is 0.721. The van der Waals surface area contributed by atoms with Crippen molar-refractivity contribution in [2.45, 2.75) is 39.3 Å². The second-order valence-electron chi connectivity index (χ2n) is 4.01. The summed E-state index contributed by atoms with van der Waals surface area (Å²) in [7, 11) is 3.75. The first kappa shape index (κ1) is 13.2. The zero-order chi connectivity index (χ0) is 11.2. The van der Waals surface area contributed by atoms with Crippen LogP contribution in [0.15, 0.2) is 0 Å². The highest BCUT2D eigenvalue weighted by Crippen LogP contribution is 2.11. The Bertz CT molecular complexity index is 179. The van der Waals surface area contributed by atoms with E-state index in [1.54, 1.807) is 0 Å². The van der Waals surface area contributed by atoms with Crippen molar-refractivity contribution in [3.63, 3.8) is 0 Å². The fraction of sp³-hybridized carbons (Fsp3) is 0.900. The number of nitrogens with one attached hydrogen (secondary N) is 1. The number of unbranched alkanes of at least 4 members (excludes halogenated alkanes) is 1. The lowest BCUT2D eigenvalue weighted by molar-refractivity contribution is -0.0600. The van der Waals surface area contributed by atoms with Crippen LogP contribution in [0.5, 0.6) is 0 Å². The maximum Gasteiger partial charge on any atom is 0.408 e. The van der Waals surface area contributed by atoms with Crippen molar-refractivity contribution in [3.8, 4) is 0 Å². The molecular formula is C10H22N2O2. The molecule has 0 aromatic rings. The molecule has 0 fully saturated rings. The molecule has 0 saturated carbocycles. The molecule has 0 bridgehead atoms. The van der Waals surface area contributed by atoms with Crippen LogP contribution in [0.3, 0.4) is 0 Å². The van der Waals surface area contributed by atoms with Crippen molar-refractivity contribution in [2.75, 3.05) is 20.6 Å². The summed E-state index contributed by atoms with van der Waals surface area (Å²) in [5.41, 5.74) is -0.559. The number of hydrogen-bond acceptors (Lipinski definition) is 3. The highest BCUT2D eigenvalue weighted by molar-refractivity contribution is 5.67. The van der Waals surface area contributed by atoms with Crippen molar-refractivity contribution < 1.29 is 9.53 Å². The van der Waals surface area contributed by atoms with E-state index in [-0.39, 0.29) is 6.09 Å². The van der Waals surface area contributed by atoms with E-state index in [9.17, 15) is 4.79 Å². The van der Waals surface area contributed by atoms with Gasteiger partial charge < -0.3 is 10.1 Å². The zero-order valence-electron chi connectivity index (χ0n) is 9.89. The summed E-state index contributed by atoms with van der Waals surface area (Å²) in [5.74, 6) is 0. The Morgan fingerprint density at radius 1 is 1.43 bits per heavy atom. The highest BCUT2D eigenvalue weighted by atomic mass is 16.6. The van der Waals surface area contributed by atoms with Crippen molar-refractivity contribution in [2.24, 2.45) is 0 Å². The van der Waals surface area contributed by atoms with Gasteiger partial charge in [0.05, 0.1) is 0 Å². The first-order valence-corrected chi connectivity index (χ1v) is 5.04. The van der Waals surface area contributed by atoms with E-state index in [0.717, 1.165) is 12.8 Å². The third-order valence-electron chi connectivity index (χ3n) is 2.22. The molecule has 84 valence electrons. The molecule has 0 atom stereocenters. The third kappa shape index (κ3) is 5.07. The van der Waals surface area contributed by atoms with Gasteiger partial charge in [0, 0.05) is 6.54 Å². The van der Waals surface area contributed by atoms with Gasteiger partial charge >= 0.3 is 6.09 Å². The molecule has 0 radical (unpaired) electrons. The lowest BCUT2D eigenvalue weighted by Crippen LogP contribution is -2.45. The standard InChI is InChI=1S/C10H22N2O2/c1-6-7-8-11-9(13)14-10(2,3)12(4)5/h6-8H2,1-5H3,(H,11,13). The molecule has 0 rings (SSSR count). The Balaban J connectivity index is 3.82. The van der Waals surface area contributed by atoms with E-state index >= 15 is 0 Å². The topological polar surface area (TPSA) is 41.6 Å². The molecule has 4 heteroatoms. The number of hydrogen-bond donors (Lipinski definition) is 1. The normalized spacial score (nSPS) is 11.6. The van der Waals surface area contributed by atoms with E-state index in [0.29, 0.717) is 6.54 Å². The van der Waals surface area contributed by atoms with Crippen LogP contribution in [-0.4, -0.2) is 37.4 Å². The molecule has 0 aliphatic rings. The predicted octanol–water partition coefficient (Wildman–Crippen LogP) is 1.81. The Morgan fingerprint density at radius 3 is 2.43 bits per heavy atom. The Hall–Kier alpha value is -0.770. The Labute approximate surface area is 86.6 Å². The van der Waals surface area contributed by atoms with Crippen LogP contribution >= 0.6 is 0 Å². The van der Waals surface area contributed by atoms with E-state index in [4.69, 9.17) is 4.74 Å². The first-order valence-electron chi connectivity index (χ1n) is 5.04. The zero-order valence-corrected chi connectivity index (χ0v) is 9.89. The summed E-state index contributed by atoms with van der Waals surface area (Å²) >= 11 is 0. The number of rotatable bonds is 5. The molecule has 0 heterocycles.